The summed E-state index contributed by atoms with van der Waals surface area (Å²) in [7, 11) is -3.61. The van der Waals surface area contributed by atoms with Crippen molar-refractivity contribution in [1.29, 1.82) is 0 Å². The maximum Gasteiger partial charge on any atom is 0.474 e. The molecule has 4 rings (SSSR count). The van der Waals surface area contributed by atoms with Crippen molar-refractivity contribution < 1.29 is 22.2 Å². The van der Waals surface area contributed by atoms with Gasteiger partial charge in [-0.3, -0.25) is 4.79 Å². The number of benzene rings is 2. The number of hydrogen-bond acceptors (Lipinski definition) is 4. The van der Waals surface area contributed by atoms with Gasteiger partial charge >= 0.3 is 12.1 Å². The smallest absolute Gasteiger partial charge is 0.351 e. The number of amides is 1. The minimum Gasteiger partial charge on any atom is -0.351 e. The fourth-order valence-electron chi connectivity index (χ4n) is 3.50. The summed E-state index contributed by atoms with van der Waals surface area (Å²) in [5.41, 5.74) is 2.22. The van der Waals surface area contributed by atoms with Crippen LogP contribution in [0.15, 0.2) is 57.8 Å². The van der Waals surface area contributed by atoms with E-state index < -0.39 is 21.8 Å². The number of anilines is 1. The van der Waals surface area contributed by atoms with Gasteiger partial charge in [0.25, 0.3) is 0 Å². The van der Waals surface area contributed by atoms with E-state index in [1.165, 1.54) is 6.07 Å². The fourth-order valence-corrected chi connectivity index (χ4v) is 5.83. The maximum atomic E-state index is 13.4. The molecule has 0 saturated heterocycles. The molecular weight excluding hydrogens is 451 g/mol. The summed E-state index contributed by atoms with van der Waals surface area (Å²) < 4.78 is 55.0. The Balaban J connectivity index is 1.80. The first-order chi connectivity index (χ1) is 14.6. The van der Waals surface area contributed by atoms with Crippen molar-refractivity contribution in [1.82, 2.24) is 4.98 Å². The Kier molecular flexibility index (Phi) is 5.43. The number of fused-ring (bicyclic) bond motifs is 2. The lowest BCUT2D eigenvalue weighted by atomic mass is 10.1. The highest BCUT2D eigenvalue weighted by Crippen LogP contribution is 2.32. The van der Waals surface area contributed by atoms with Gasteiger partial charge in [0.1, 0.15) is 5.82 Å². The molecule has 0 N–H and O–H groups in total. The normalized spacial score (nSPS) is 19.1. The van der Waals surface area contributed by atoms with Crippen LogP contribution in [0.4, 0.5) is 19.0 Å². The standard InChI is InChI=1S/C21H17ClF3N3O2S/c1-13-6-7-17-15(10-13)16(22)11-19(26-17)28-8-9-31(30,27-20(29)21(23,24)25)18-5-3-2-4-14(18)12-28/h2-7,10-11H,8-9,12H2,1H3. The number of hydrogen-bond donors (Lipinski definition) is 0. The first kappa shape index (κ1) is 21.6. The van der Waals surface area contributed by atoms with Crippen LogP contribution in [-0.4, -0.2) is 33.6 Å². The summed E-state index contributed by atoms with van der Waals surface area (Å²) in [5, 5.41) is 1.27. The third-order valence-corrected chi connectivity index (χ3v) is 7.61. The van der Waals surface area contributed by atoms with Crippen molar-refractivity contribution in [3.8, 4) is 0 Å². The molecule has 162 valence electrons. The minimum atomic E-state index is -5.18. The molecule has 1 aliphatic rings. The van der Waals surface area contributed by atoms with Crippen LogP contribution in [0.2, 0.25) is 5.02 Å². The molecule has 10 heteroatoms. The largest absolute Gasteiger partial charge is 0.474 e. The topological polar surface area (TPSA) is 62.6 Å². The number of carbonyl (C=O) groups excluding carboxylic acids is 1. The molecule has 5 nitrogen and oxygen atoms in total. The summed E-state index contributed by atoms with van der Waals surface area (Å²) in [6.45, 7) is 2.27. The van der Waals surface area contributed by atoms with Crippen LogP contribution in [0.3, 0.4) is 0 Å². The second-order valence-electron chi connectivity index (χ2n) is 7.25. The third-order valence-electron chi connectivity index (χ3n) is 5.01. The molecule has 0 spiro atoms. The molecule has 1 aliphatic heterocycles. The second kappa shape index (κ2) is 7.80. The zero-order valence-corrected chi connectivity index (χ0v) is 17.9. The number of carbonyl (C=O) groups is 1. The average molecular weight is 468 g/mol. The van der Waals surface area contributed by atoms with Gasteiger partial charge in [0.05, 0.1) is 30.9 Å². The predicted octanol–water partition coefficient (Wildman–Crippen LogP) is 5.13. The highest BCUT2D eigenvalue weighted by Gasteiger charge is 2.40. The van der Waals surface area contributed by atoms with Gasteiger partial charge in [-0.05, 0) is 36.8 Å². The molecule has 1 atom stereocenters. The molecule has 0 saturated carbocycles. The van der Waals surface area contributed by atoms with Crippen LogP contribution in [0.1, 0.15) is 11.1 Å². The van der Waals surface area contributed by atoms with Crippen LogP contribution >= 0.6 is 11.6 Å². The van der Waals surface area contributed by atoms with Gasteiger partial charge in [0.15, 0.2) is 0 Å². The number of rotatable bonds is 1. The molecule has 0 fully saturated rings. The van der Waals surface area contributed by atoms with E-state index in [0.717, 1.165) is 10.9 Å². The molecule has 0 radical (unpaired) electrons. The van der Waals surface area contributed by atoms with Gasteiger partial charge in [0.2, 0.25) is 0 Å². The number of alkyl halides is 3. The molecule has 3 aromatic rings. The van der Waals surface area contributed by atoms with Crippen LogP contribution in [0.25, 0.3) is 10.9 Å². The zero-order chi connectivity index (χ0) is 22.4. The summed E-state index contributed by atoms with van der Waals surface area (Å²) in [5.74, 6) is -2.10. The van der Waals surface area contributed by atoms with E-state index in [1.807, 2.05) is 25.1 Å². The highest BCUT2D eigenvalue weighted by atomic mass is 35.5. The van der Waals surface area contributed by atoms with Crippen LogP contribution in [0.5, 0.6) is 0 Å². The van der Waals surface area contributed by atoms with Gasteiger partial charge in [0, 0.05) is 18.5 Å². The monoisotopic (exact) mass is 467 g/mol. The lowest BCUT2D eigenvalue weighted by Gasteiger charge is -2.22. The quantitative estimate of drug-likeness (QED) is 0.497. The van der Waals surface area contributed by atoms with Crippen LogP contribution < -0.4 is 4.90 Å². The predicted molar refractivity (Wildman–Crippen MR) is 114 cm³/mol. The Morgan fingerprint density at radius 1 is 1.19 bits per heavy atom. The Labute approximate surface area is 182 Å². The van der Waals surface area contributed by atoms with E-state index in [0.29, 0.717) is 21.9 Å². The van der Waals surface area contributed by atoms with Crippen LogP contribution in [-0.2, 0) is 21.1 Å². The molecule has 1 aromatic heterocycles. The Bertz CT molecular complexity index is 1320. The van der Waals surface area contributed by atoms with Crippen molar-refractivity contribution in [2.24, 2.45) is 4.36 Å². The van der Waals surface area contributed by atoms with E-state index in [-0.39, 0.29) is 23.7 Å². The second-order valence-corrected chi connectivity index (χ2v) is 9.97. The molecule has 2 aromatic carbocycles. The lowest BCUT2D eigenvalue weighted by Crippen LogP contribution is -2.27. The fraction of sp³-hybridized carbons (Fsp3) is 0.238. The van der Waals surface area contributed by atoms with Gasteiger partial charge in [-0.1, -0.05) is 41.4 Å². The molecule has 0 aliphatic carbocycles. The van der Waals surface area contributed by atoms with Gasteiger partial charge in [-0.25, -0.2) is 9.19 Å². The summed E-state index contributed by atoms with van der Waals surface area (Å²) >= 11 is 6.46. The molecule has 0 bridgehead atoms. The van der Waals surface area contributed by atoms with E-state index in [1.54, 1.807) is 29.2 Å². The Morgan fingerprint density at radius 2 is 1.94 bits per heavy atom. The van der Waals surface area contributed by atoms with E-state index in [9.17, 15) is 22.2 Å². The Morgan fingerprint density at radius 3 is 2.68 bits per heavy atom. The zero-order valence-electron chi connectivity index (χ0n) is 16.3. The molecule has 31 heavy (non-hydrogen) atoms. The first-order valence-corrected chi connectivity index (χ1v) is 11.4. The first-order valence-electron chi connectivity index (χ1n) is 9.33. The number of aromatic nitrogens is 1. The van der Waals surface area contributed by atoms with Crippen molar-refractivity contribution in [3.63, 3.8) is 0 Å². The number of aryl methyl sites for hydroxylation is 1. The van der Waals surface area contributed by atoms with E-state index in [4.69, 9.17) is 11.6 Å². The average Bonchev–Trinajstić information content (AvgIpc) is 2.85. The molecule has 2 heterocycles. The van der Waals surface area contributed by atoms with Gasteiger partial charge in [-0.15, -0.1) is 4.36 Å². The SMILES string of the molecule is Cc1ccc2nc(N3CCS(=O)(=NC(=O)C(F)(F)F)c4ccccc4C3)cc(Cl)c2c1. The summed E-state index contributed by atoms with van der Waals surface area (Å²) in [6.07, 6.45) is -5.18. The van der Waals surface area contributed by atoms with Crippen molar-refractivity contribution in [2.45, 2.75) is 24.5 Å². The third kappa shape index (κ3) is 4.24. The van der Waals surface area contributed by atoms with Crippen molar-refractivity contribution >= 4 is 44.0 Å². The van der Waals surface area contributed by atoms with Gasteiger partial charge < -0.3 is 4.90 Å². The lowest BCUT2D eigenvalue weighted by molar-refractivity contribution is -0.169. The molecular formula is C21H17ClF3N3O2S. The van der Waals surface area contributed by atoms with Gasteiger partial charge in [-0.2, -0.15) is 13.2 Å². The molecule has 1 amide bonds. The van der Waals surface area contributed by atoms with Crippen molar-refractivity contribution in [3.05, 3.63) is 64.7 Å². The number of pyridine rings is 1. The summed E-state index contributed by atoms with van der Waals surface area (Å²) in [4.78, 5) is 18.1. The van der Waals surface area contributed by atoms with E-state index in [2.05, 4.69) is 9.35 Å². The van der Waals surface area contributed by atoms with Crippen LogP contribution in [0, 0.1) is 6.92 Å². The van der Waals surface area contributed by atoms with E-state index >= 15 is 0 Å². The Hall–Kier alpha value is -2.65. The van der Waals surface area contributed by atoms with Crippen molar-refractivity contribution in [2.75, 3.05) is 17.2 Å². The highest BCUT2D eigenvalue weighted by molar-refractivity contribution is 7.94. The minimum absolute atomic E-state index is 0.0862. The molecule has 1 unspecified atom stereocenters. The number of halogens is 4. The maximum absolute atomic E-state index is 13.4. The summed E-state index contributed by atoms with van der Waals surface area (Å²) in [6, 6.07) is 13.7. The number of nitrogens with zero attached hydrogens (tertiary/aromatic N) is 3.